The van der Waals surface area contributed by atoms with E-state index in [0.717, 1.165) is 77.9 Å². The Labute approximate surface area is 265 Å². The largest absolute Gasteiger partial charge is 0.454 e. The lowest BCUT2D eigenvalue weighted by atomic mass is 9.94. The number of hydrogen-bond acceptors (Lipinski definition) is 3. The summed E-state index contributed by atoms with van der Waals surface area (Å²) in [5.41, 5.74) is 12.0. The number of rotatable bonds is 5. The Morgan fingerprint density at radius 2 is 0.957 bits per heavy atom. The van der Waals surface area contributed by atoms with Gasteiger partial charge in [0.25, 0.3) is 0 Å². The van der Waals surface area contributed by atoms with E-state index in [-0.39, 0.29) is 0 Å². The molecule has 216 valence electrons. The molecule has 0 saturated heterocycles. The van der Waals surface area contributed by atoms with E-state index in [1.807, 2.05) is 42.5 Å². The minimum Gasteiger partial charge on any atom is -0.454 e. The summed E-state index contributed by atoms with van der Waals surface area (Å²) in [6.07, 6.45) is 0. The molecule has 0 amide bonds. The molecule has 4 heteroatoms. The standard InChI is InChI=1S/C42H27N3O/c1-4-14-28(15-5-1)37-38(29-16-6-2-7-17-29)43-42(31-18-8-3-9-19-31)44-39(37)30-24-26-32(27-25-30)45-35-22-12-10-20-33(35)41-40(45)34-21-11-13-23-36(34)46-41/h1-27H. The first-order valence-corrected chi connectivity index (χ1v) is 15.4. The van der Waals surface area contributed by atoms with Crippen molar-refractivity contribution in [3.63, 3.8) is 0 Å². The molecule has 0 aliphatic rings. The van der Waals surface area contributed by atoms with Crippen LogP contribution in [0.2, 0.25) is 0 Å². The van der Waals surface area contributed by atoms with Crippen molar-refractivity contribution in [2.24, 2.45) is 0 Å². The van der Waals surface area contributed by atoms with Gasteiger partial charge in [-0.25, -0.2) is 9.97 Å². The topological polar surface area (TPSA) is 43.9 Å². The molecule has 0 N–H and O–H groups in total. The molecular formula is C42H27N3O. The lowest BCUT2D eigenvalue weighted by Crippen LogP contribution is -2.01. The second-order valence-corrected chi connectivity index (χ2v) is 11.4. The third-order valence-corrected chi connectivity index (χ3v) is 8.63. The van der Waals surface area contributed by atoms with Gasteiger partial charge in [-0.2, -0.15) is 0 Å². The van der Waals surface area contributed by atoms with Gasteiger partial charge >= 0.3 is 0 Å². The lowest BCUT2D eigenvalue weighted by molar-refractivity contribution is 0.673. The number of hydrogen-bond donors (Lipinski definition) is 0. The van der Waals surface area contributed by atoms with Crippen LogP contribution in [0.15, 0.2) is 168 Å². The summed E-state index contributed by atoms with van der Waals surface area (Å²) in [5, 5.41) is 2.19. The first kappa shape index (κ1) is 26.2. The molecule has 0 spiro atoms. The highest BCUT2D eigenvalue weighted by atomic mass is 16.3. The van der Waals surface area contributed by atoms with E-state index in [2.05, 4.69) is 126 Å². The van der Waals surface area contributed by atoms with E-state index in [0.29, 0.717) is 5.82 Å². The van der Waals surface area contributed by atoms with Crippen molar-refractivity contribution in [2.75, 3.05) is 0 Å². The van der Waals surface area contributed by atoms with Gasteiger partial charge in [0.05, 0.1) is 16.9 Å². The van der Waals surface area contributed by atoms with Crippen LogP contribution in [0, 0.1) is 0 Å². The van der Waals surface area contributed by atoms with Gasteiger partial charge in [0.1, 0.15) is 11.1 Å². The summed E-state index contributed by atoms with van der Waals surface area (Å²) < 4.78 is 8.71. The van der Waals surface area contributed by atoms with Crippen LogP contribution in [0.3, 0.4) is 0 Å². The van der Waals surface area contributed by atoms with Crippen LogP contribution in [-0.4, -0.2) is 14.5 Å². The van der Waals surface area contributed by atoms with E-state index in [1.165, 1.54) is 0 Å². The highest BCUT2D eigenvalue weighted by molar-refractivity contribution is 6.16. The van der Waals surface area contributed by atoms with Crippen molar-refractivity contribution in [3.8, 4) is 50.7 Å². The summed E-state index contributed by atoms with van der Waals surface area (Å²) in [4.78, 5) is 10.5. The van der Waals surface area contributed by atoms with E-state index in [9.17, 15) is 0 Å². The van der Waals surface area contributed by atoms with E-state index >= 15 is 0 Å². The molecule has 9 rings (SSSR count). The minimum absolute atomic E-state index is 0.696. The Bertz CT molecular complexity index is 2490. The number of aromatic nitrogens is 3. The number of para-hydroxylation sites is 2. The van der Waals surface area contributed by atoms with Crippen molar-refractivity contribution in [3.05, 3.63) is 164 Å². The zero-order valence-electron chi connectivity index (χ0n) is 24.8. The van der Waals surface area contributed by atoms with Crippen LogP contribution >= 0.6 is 0 Å². The smallest absolute Gasteiger partial charge is 0.161 e. The molecule has 3 heterocycles. The predicted octanol–water partition coefficient (Wildman–Crippen LogP) is 11.0. The molecule has 0 radical (unpaired) electrons. The maximum Gasteiger partial charge on any atom is 0.161 e. The average Bonchev–Trinajstić information content (AvgIpc) is 3.67. The Morgan fingerprint density at radius 1 is 0.435 bits per heavy atom. The Morgan fingerprint density at radius 3 is 1.63 bits per heavy atom. The maximum absolute atomic E-state index is 6.40. The molecule has 0 fully saturated rings. The molecule has 9 aromatic rings. The van der Waals surface area contributed by atoms with Crippen molar-refractivity contribution in [1.82, 2.24) is 14.5 Å². The third-order valence-electron chi connectivity index (χ3n) is 8.63. The maximum atomic E-state index is 6.40. The normalized spacial score (nSPS) is 11.5. The van der Waals surface area contributed by atoms with Crippen LogP contribution < -0.4 is 0 Å². The second-order valence-electron chi connectivity index (χ2n) is 11.4. The molecule has 0 atom stereocenters. The van der Waals surface area contributed by atoms with E-state index < -0.39 is 0 Å². The van der Waals surface area contributed by atoms with Gasteiger partial charge in [-0.1, -0.05) is 127 Å². The zero-order chi connectivity index (χ0) is 30.5. The molecule has 46 heavy (non-hydrogen) atoms. The molecule has 0 unspecified atom stereocenters. The van der Waals surface area contributed by atoms with Crippen LogP contribution in [0.25, 0.3) is 83.7 Å². The van der Waals surface area contributed by atoms with Gasteiger partial charge in [0.15, 0.2) is 11.4 Å². The minimum atomic E-state index is 0.696. The molecule has 0 bridgehead atoms. The lowest BCUT2D eigenvalue weighted by Gasteiger charge is -2.17. The van der Waals surface area contributed by atoms with E-state index in [1.54, 1.807) is 0 Å². The molecule has 3 aromatic heterocycles. The van der Waals surface area contributed by atoms with Crippen molar-refractivity contribution in [2.45, 2.75) is 0 Å². The first-order valence-electron chi connectivity index (χ1n) is 15.4. The Balaban J connectivity index is 1.29. The first-order chi connectivity index (χ1) is 22.8. The predicted molar refractivity (Wildman–Crippen MR) is 188 cm³/mol. The Hall–Kier alpha value is -6.26. The SMILES string of the molecule is c1ccc(-c2nc(-c3ccccc3)c(-c3ccccc3)c(-c3ccc(-n4c5ccccc5c5oc6ccccc6c54)cc3)n2)cc1. The summed E-state index contributed by atoms with van der Waals surface area (Å²) in [6.45, 7) is 0. The molecule has 0 aliphatic heterocycles. The fourth-order valence-electron chi connectivity index (χ4n) is 6.52. The number of benzene rings is 6. The summed E-state index contributed by atoms with van der Waals surface area (Å²) in [7, 11) is 0. The monoisotopic (exact) mass is 589 g/mol. The number of fused-ring (bicyclic) bond motifs is 5. The van der Waals surface area contributed by atoms with Gasteiger partial charge in [-0.15, -0.1) is 0 Å². The molecule has 0 aliphatic carbocycles. The zero-order valence-corrected chi connectivity index (χ0v) is 24.8. The summed E-state index contributed by atoms with van der Waals surface area (Å²) >= 11 is 0. The van der Waals surface area contributed by atoms with Crippen LogP contribution in [0.4, 0.5) is 0 Å². The summed E-state index contributed by atoms with van der Waals surface area (Å²) in [6, 6.07) is 56.5. The molecule has 4 nitrogen and oxygen atoms in total. The second kappa shape index (κ2) is 10.7. The van der Waals surface area contributed by atoms with Crippen LogP contribution in [-0.2, 0) is 0 Å². The quantitative estimate of drug-likeness (QED) is 0.201. The number of furan rings is 1. The van der Waals surface area contributed by atoms with Gasteiger partial charge in [0.2, 0.25) is 0 Å². The third kappa shape index (κ3) is 4.23. The number of nitrogens with zero attached hydrogens (tertiary/aromatic N) is 3. The van der Waals surface area contributed by atoms with E-state index in [4.69, 9.17) is 14.4 Å². The fraction of sp³-hybridized carbons (Fsp3) is 0. The van der Waals surface area contributed by atoms with Gasteiger partial charge in [0, 0.05) is 38.7 Å². The molecule has 0 saturated carbocycles. The highest BCUT2D eigenvalue weighted by Gasteiger charge is 2.22. The van der Waals surface area contributed by atoms with Gasteiger partial charge < -0.3 is 8.98 Å². The van der Waals surface area contributed by atoms with Crippen molar-refractivity contribution >= 4 is 33.0 Å². The fourth-order valence-corrected chi connectivity index (χ4v) is 6.52. The molecule has 6 aromatic carbocycles. The Kier molecular flexibility index (Phi) is 6.10. The highest BCUT2D eigenvalue weighted by Crippen LogP contribution is 2.41. The summed E-state index contributed by atoms with van der Waals surface area (Å²) in [5.74, 6) is 0.696. The van der Waals surface area contributed by atoms with Crippen LogP contribution in [0.1, 0.15) is 0 Å². The van der Waals surface area contributed by atoms with Crippen LogP contribution in [0.5, 0.6) is 0 Å². The van der Waals surface area contributed by atoms with Crippen molar-refractivity contribution < 1.29 is 4.42 Å². The van der Waals surface area contributed by atoms with Gasteiger partial charge in [-0.05, 0) is 42.0 Å². The van der Waals surface area contributed by atoms with Gasteiger partial charge in [-0.3, -0.25) is 0 Å². The van der Waals surface area contributed by atoms with Crippen molar-refractivity contribution in [1.29, 1.82) is 0 Å². The molecular weight excluding hydrogens is 562 g/mol. The average molecular weight is 590 g/mol.